The molecule has 0 saturated carbocycles. The Balaban J connectivity index is 2.55. The van der Waals surface area contributed by atoms with Crippen LogP contribution in [0.5, 0.6) is 0 Å². The molecular weight excluding hydrogens is 224 g/mol. The Hall–Kier alpha value is 1.14. The maximum Gasteiger partial charge on any atom is 0.0452 e. The normalized spacial score (nSPS) is 26.8. The number of hydrogen-bond acceptors (Lipinski definition) is 4. The summed E-state index contributed by atoms with van der Waals surface area (Å²) >= 11 is 13.0. The molecule has 1 aliphatic heterocycles. The van der Waals surface area contributed by atoms with Crippen molar-refractivity contribution in [2.24, 2.45) is 0 Å². The van der Waals surface area contributed by atoms with Gasteiger partial charge in [0.25, 0.3) is 0 Å². The molecular formula is C8H14S4. The Morgan fingerprint density at radius 1 is 1.42 bits per heavy atom. The Kier molecular flexibility index (Phi) is 5.41. The molecule has 1 atom stereocenters. The summed E-state index contributed by atoms with van der Waals surface area (Å²) in [5.74, 6) is 3.74. The lowest BCUT2D eigenvalue weighted by molar-refractivity contribution is 1.14. The average molecular weight is 238 g/mol. The third-order valence-electron chi connectivity index (χ3n) is 1.75. The zero-order chi connectivity index (χ0) is 8.97. The van der Waals surface area contributed by atoms with Crippen LogP contribution in [0, 0.1) is 0 Å². The SMILES string of the molecule is CC/C(S)=C(\S)C1CSCCS1. The molecule has 0 aromatic heterocycles. The second-order valence-electron chi connectivity index (χ2n) is 2.62. The van der Waals surface area contributed by atoms with E-state index in [-0.39, 0.29) is 0 Å². The van der Waals surface area contributed by atoms with Gasteiger partial charge in [0, 0.05) is 27.4 Å². The Morgan fingerprint density at radius 2 is 2.17 bits per heavy atom. The predicted molar refractivity (Wildman–Crippen MR) is 68.9 cm³/mol. The van der Waals surface area contributed by atoms with E-state index < -0.39 is 0 Å². The van der Waals surface area contributed by atoms with Crippen LogP contribution >= 0.6 is 48.8 Å². The minimum Gasteiger partial charge on any atom is -0.160 e. The summed E-state index contributed by atoms with van der Waals surface area (Å²) in [5, 5.41) is 0.597. The third kappa shape index (κ3) is 3.13. The maximum absolute atomic E-state index is 4.52. The van der Waals surface area contributed by atoms with Gasteiger partial charge in [-0.3, -0.25) is 0 Å². The highest BCUT2D eigenvalue weighted by Gasteiger charge is 2.17. The van der Waals surface area contributed by atoms with Gasteiger partial charge in [-0.05, 0) is 11.3 Å². The molecule has 0 spiro atoms. The van der Waals surface area contributed by atoms with E-state index in [9.17, 15) is 0 Å². The van der Waals surface area contributed by atoms with Crippen LogP contribution in [0.4, 0.5) is 0 Å². The fraction of sp³-hybridized carbons (Fsp3) is 0.750. The molecule has 0 aliphatic carbocycles. The summed E-state index contributed by atoms with van der Waals surface area (Å²) in [6.07, 6.45) is 1.00. The van der Waals surface area contributed by atoms with E-state index in [0.29, 0.717) is 5.25 Å². The molecule has 1 unspecified atom stereocenters. The number of thioether (sulfide) groups is 2. The highest BCUT2D eigenvalue weighted by atomic mass is 32.2. The minimum atomic E-state index is 0.597. The fourth-order valence-electron chi connectivity index (χ4n) is 1.01. The van der Waals surface area contributed by atoms with E-state index in [1.165, 1.54) is 22.2 Å². The average Bonchev–Trinajstić information content (AvgIpc) is 2.17. The summed E-state index contributed by atoms with van der Waals surface area (Å²) in [7, 11) is 0. The monoisotopic (exact) mass is 238 g/mol. The van der Waals surface area contributed by atoms with Gasteiger partial charge < -0.3 is 0 Å². The fourth-order valence-corrected chi connectivity index (χ4v) is 4.51. The number of thiol groups is 2. The molecule has 0 nitrogen and oxygen atoms in total. The highest BCUT2D eigenvalue weighted by Crippen LogP contribution is 2.33. The van der Waals surface area contributed by atoms with Gasteiger partial charge in [-0.1, -0.05) is 6.92 Å². The molecule has 0 bridgehead atoms. The summed E-state index contributed by atoms with van der Waals surface area (Å²) < 4.78 is 0. The molecule has 12 heavy (non-hydrogen) atoms. The standard InChI is InChI=1S/C8H14S4/c1-2-6(9)8(10)7-5-11-3-4-12-7/h7,9-10H,2-5H2,1H3/b8-6+. The van der Waals surface area contributed by atoms with Crippen LogP contribution in [0.1, 0.15) is 13.3 Å². The van der Waals surface area contributed by atoms with Gasteiger partial charge in [0.2, 0.25) is 0 Å². The van der Waals surface area contributed by atoms with Gasteiger partial charge >= 0.3 is 0 Å². The molecule has 70 valence electrons. The second kappa shape index (κ2) is 5.78. The highest BCUT2D eigenvalue weighted by molar-refractivity contribution is 8.07. The van der Waals surface area contributed by atoms with Crippen molar-refractivity contribution in [1.29, 1.82) is 0 Å². The van der Waals surface area contributed by atoms with Gasteiger partial charge in [-0.15, -0.1) is 25.3 Å². The lowest BCUT2D eigenvalue weighted by atomic mass is 10.3. The van der Waals surface area contributed by atoms with Crippen molar-refractivity contribution < 1.29 is 0 Å². The third-order valence-corrected chi connectivity index (χ3v) is 6.02. The van der Waals surface area contributed by atoms with Crippen LogP contribution in [0.25, 0.3) is 0 Å². The largest absolute Gasteiger partial charge is 0.160 e. The lowest BCUT2D eigenvalue weighted by Gasteiger charge is -2.22. The van der Waals surface area contributed by atoms with Crippen molar-refractivity contribution in [3.05, 3.63) is 9.81 Å². The van der Waals surface area contributed by atoms with Crippen molar-refractivity contribution in [1.82, 2.24) is 0 Å². The summed E-state index contributed by atoms with van der Waals surface area (Å²) in [6, 6.07) is 0. The lowest BCUT2D eigenvalue weighted by Crippen LogP contribution is -2.14. The van der Waals surface area contributed by atoms with Crippen molar-refractivity contribution in [2.45, 2.75) is 18.6 Å². The quantitative estimate of drug-likeness (QED) is 0.708. The molecule has 0 radical (unpaired) electrons. The van der Waals surface area contributed by atoms with Gasteiger partial charge in [0.1, 0.15) is 0 Å². The zero-order valence-corrected chi connectivity index (χ0v) is 10.5. The van der Waals surface area contributed by atoms with E-state index in [1.807, 2.05) is 23.5 Å². The molecule has 0 aromatic carbocycles. The van der Waals surface area contributed by atoms with Crippen LogP contribution < -0.4 is 0 Å². The topological polar surface area (TPSA) is 0 Å². The Morgan fingerprint density at radius 3 is 2.67 bits per heavy atom. The molecule has 0 amide bonds. The van der Waals surface area contributed by atoms with E-state index in [4.69, 9.17) is 0 Å². The molecule has 1 rings (SSSR count). The van der Waals surface area contributed by atoms with E-state index in [2.05, 4.69) is 32.2 Å². The first kappa shape index (κ1) is 11.2. The van der Waals surface area contributed by atoms with E-state index >= 15 is 0 Å². The molecule has 0 aromatic rings. The number of hydrogen-bond donors (Lipinski definition) is 2. The van der Waals surface area contributed by atoms with Gasteiger partial charge in [0.05, 0.1) is 0 Å². The Bertz CT molecular complexity index is 170. The molecule has 1 saturated heterocycles. The first-order valence-electron chi connectivity index (χ1n) is 4.06. The molecule has 1 heterocycles. The van der Waals surface area contributed by atoms with Gasteiger partial charge in [-0.2, -0.15) is 23.5 Å². The molecule has 1 aliphatic rings. The molecule has 0 N–H and O–H groups in total. The number of allylic oxidation sites excluding steroid dienone is 1. The second-order valence-corrected chi connectivity index (χ2v) is 6.10. The van der Waals surface area contributed by atoms with Crippen LogP contribution in [-0.4, -0.2) is 22.5 Å². The van der Waals surface area contributed by atoms with Crippen molar-refractivity contribution in [3.8, 4) is 0 Å². The van der Waals surface area contributed by atoms with Crippen molar-refractivity contribution in [3.63, 3.8) is 0 Å². The maximum atomic E-state index is 4.52. The first-order valence-corrected chi connectivity index (χ1v) is 7.15. The van der Waals surface area contributed by atoms with Gasteiger partial charge in [-0.25, -0.2) is 0 Å². The predicted octanol–water partition coefficient (Wildman–Crippen LogP) is 3.32. The van der Waals surface area contributed by atoms with Crippen molar-refractivity contribution >= 4 is 48.8 Å². The zero-order valence-electron chi connectivity index (χ0n) is 7.12. The van der Waals surface area contributed by atoms with Crippen LogP contribution in [0.15, 0.2) is 9.81 Å². The van der Waals surface area contributed by atoms with E-state index in [0.717, 1.165) is 11.3 Å². The van der Waals surface area contributed by atoms with Crippen LogP contribution in [-0.2, 0) is 0 Å². The van der Waals surface area contributed by atoms with E-state index in [1.54, 1.807) is 0 Å². The molecule has 4 heteroatoms. The smallest absolute Gasteiger partial charge is 0.0452 e. The number of rotatable bonds is 2. The van der Waals surface area contributed by atoms with Crippen LogP contribution in [0.2, 0.25) is 0 Å². The summed E-state index contributed by atoms with van der Waals surface area (Å²) in [6.45, 7) is 2.12. The van der Waals surface area contributed by atoms with Crippen LogP contribution in [0.3, 0.4) is 0 Å². The van der Waals surface area contributed by atoms with Crippen molar-refractivity contribution in [2.75, 3.05) is 17.3 Å². The summed E-state index contributed by atoms with van der Waals surface area (Å²) in [4.78, 5) is 2.34. The summed E-state index contributed by atoms with van der Waals surface area (Å²) in [5.41, 5.74) is 0. The minimum absolute atomic E-state index is 0.597. The Labute approximate surface area is 94.2 Å². The molecule has 1 fully saturated rings. The van der Waals surface area contributed by atoms with Gasteiger partial charge in [0.15, 0.2) is 0 Å². The first-order chi connectivity index (χ1) is 5.75.